The van der Waals surface area contributed by atoms with E-state index < -0.39 is 0 Å². The first kappa shape index (κ1) is 14.8. The summed E-state index contributed by atoms with van der Waals surface area (Å²) >= 11 is 14.1. The lowest BCUT2D eigenvalue weighted by atomic mass is 10.2. The molecule has 110 valence electrons. The minimum atomic E-state index is 0.133. The third-order valence-corrected chi connectivity index (χ3v) is 5.36. The molecule has 2 aromatic heterocycles. The Balaban J connectivity index is 2.23. The molecule has 21 heavy (non-hydrogen) atoms. The molecular formula is C15H15Cl2N3S. The molecule has 3 rings (SSSR count). The zero-order chi connectivity index (χ0) is 15.1. The van der Waals surface area contributed by atoms with Crippen LogP contribution in [0.2, 0.25) is 5.02 Å². The van der Waals surface area contributed by atoms with Gasteiger partial charge in [0.25, 0.3) is 0 Å². The van der Waals surface area contributed by atoms with Crippen molar-refractivity contribution in [1.82, 2.24) is 14.5 Å². The molecule has 0 aliphatic heterocycles. The van der Waals surface area contributed by atoms with Crippen LogP contribution in [-0.4, -0.2) is 14.5 Å². The van der Waals surface area contributed by atoms with Crippen molar-refractivity contribution < 1.29 is 0 Å². The molecule has 0 saturated carbocycles. The molecular weight excluding hydrogens is 325 g/mol. The van der Waals surface area contributed by atoms with Crippen LogP contribution in [0, 0.1) is 13.8 Å². The molecule has 1 aromatic carbocycles. The first-order valence-electron chi connectivity index (χ1n) is 6.68. The summed E-state index contributed by atoms with van der Waals surface area (Å²) in [7, 11) is 0. The second kappa shape index (κ2) is 5.59. The van der Waals surface area contributed by atoms with Gasteiger partial charge in [-0.25, -0.2) is 9.97 Å². The number of aromatic nitrogens is 3. The van der Waals surface area contributed by atoms with Crippen molar-refractivity contribution in [2.75, 3.05) is 0 Å². The van der Waals surface area contributed by atoms with Crippen LogP contribution in [0.25, 0.3) is 11.0 Å². The average molecular weight is 340 g/mol. The fraction of sp³-hybridized carbons (Fsp3) is 0.333. The highest BCUT2D eigenvalue weighted by molar-refractivity contribution is 7.11. The zero-order valence-corrected chi connectivity index (χ0v) is 14.4. The smallest absolute Gasteiger partial charge is 0.125 e. The van der Waals surface area contributed by atoms with E-state index in [1.165, 1.54) is 4.88 Å². The normalized spacial score (nSPS) is 13.0. The predicted octanol–water partition coefficient (Wildman–Crippen LogP) is 5.11. The van der Waals surface area contributed by atoms with Gasteiger partial charge in [-0.15, -0.1) is 22.9 Å². The van der Waals surface area contributed by atoms with Crippen molar-refractivity contribution in [3.63, 3.8) is 0 Å². The summed E-state index contributed by atoms with van der Waals surface area (Å²) in [5.41, 5.74) is 2.88. The molecule has 3 aromatic rings. The Hall–Kier alpha value is -1.10. The summed E-state index contributed by atoms with van der Waals surface area (Å²) in [4.78, 5) is 10.4. The van der Waals surface area contributed by atoms with Crippen LogP contribution in [0.1, 0.15) is 34.4 Å². The summed E-state index contributed by atoms with van der Waals surface area (Å²) in [5, 5.41) is 1.73. The number of hydrogen-bond acceptors (Lipinski definition) is 3. The molecule has 0 aliphatic carbocycles. The quantitative estimate of drug-likeness (QED) is 0.620. The van der Waals surface area contributed by atoms with Crippen molar-refractivity contribution in [3.8, 4) is 0 Å². The van der Waals surface area contributed by atoms with Gasteiger partial charge in [-0.3, -0.25) is 0 Å². The molecule has 0 N–H and O–H groups in total. The number of thiazole rings is 1. The third-order valence-electron chi connectivity index (χ3n) is 3.57. The van der Waals surface area contributed by atoms with Gasteiger partial charge in [0.2, 0.25) is 0 Å². The van der Waals surface area contributed by atoms with Gasteiger partial charge in [0.05, 0.1) is 38.0 Å². The number of imidazole rings is 1. The largest absolute Gasteiger partial charge is 0.319 e. The van der Waals surface area contributed by atoms with Crippen molar-refractivity contribution in [3.05, 3.63) is 44.6 Å². The summed E-state index contributed by atoms with van der Waals surface area (Å²) in [6, 6.07) is 5.96. The van der Waals surface area contributed by atoms with E-state index in [2.05, 4.69) is 21.5 Å². The number of hydrogen-bond donors (Lipinski definition) is 0. The lowest BCUT2D eigenvalue weighted by molar-refractivity contribution is 0.639. The molecule has 6 heteroatoms. The highest BCUT2D eigenvalue weighted by Crippen LogP contribution is 2.33. The van der Waals surface area contributed by atoms with E-state index in [9.17, 15) is 0 Å². The maximum atomic E-state index is 6.26. The topological polar surface area (TPSA) is 30.7 Å². The van der Waals surface area contributed by atoms with Gasteiger partial charge in [0.15, 0.2) is 0 Å². The summed E-state index contributed by atoms with van der Waals surface area (Å²) in [6.07, 6.45) is 0. The number of benzene rings is 1. The Kier molecular flexibility index (Phi) is 3.95. The Morgan fingerprint density at radius 3 is 2.67 bits per heavy atom. The van der Waals surface area contributed by atoms with E-state index >= 15 is 0 Å². The van der Waals surface area contributed by atoms with E-state index in [-0.39, 0.29) is 6.04 Å². The number of fused-ring (bicyclic) bond motifs is 1. The SMILES string of the molecule is Cc1nc(C)c(C(C)n2c(CCl)nc3c(Cl)cccc32)s1. The summed E-state index contributed by atoms with van der Waals surface area (Å²) in [5.74, 6) is 1.18. The fourth-order valence-corrected chi connectivity index (χ4v) is 4.08. The van der Waals surface area contributed by atoms with E-state index in [1.807, 2.05) is 32.0 Å². The lowest BCUT2D eigenvalue weighted by Gasteiger charge is -2.16. The van der Waals surface area contributed by atoms with Crippen molar-refractivity contribution >= 4 is 45.6 Å². The lowest BCUT2D eigenvalue weighted by Crippen LogP contribution is -2.09. The Labute approximate surface area is 137 Å². The average Bonchev–Trinajstić information content (AvgIpc) is 2.99. The minimum absolute atomic E-state index is 0.133. The Morgan fingerprint density at radius 1 is 1.29 bits per heavy atom. The molecule has 0 fully saturated rings. The van der Waals surface area contributed by atoms with Crippen LogP contribution in [0.3, 0.4) is 0 Å². The number of aryl methyl sites for hydroxylation is 2. The Morgan fingerprint density at radius 2 is 2.05 bits per heavy atom. The second-order valence-corrected chi connectivity index (χ2v) is 6.91. The first-order valence-corrected chi connectivity index (χ1v) is 8.41. The highest BCUT2D eigenvalue weighted by atomic mass is 35.5. The molecule has 0 radical (unpaired) electrons. The standard InChI is InChI=1S/C15H15Cl2N3S/c1-8-15(21-10(3)18-8)9(2)20-12-6-4-5-11(17)14(12)19-13(20)7-16/h4-6,9H,7H2,1-3H3. The molecule has 0 saturated heterocycles. The van der Waals surface area contributed by atoms with Crippen molar-refractivity contribution in [1.29, 1.82) is 0 Å². The highest BCUT2D eigenvalue weighted by Gasteiger charge is 2.21. The Bertz CT molecular complexity index is 807. The van der Waals surface area contributed by atoms with Crippen molar-refractivity contribution in [2.24, 2.45) is 0 Å². The van der Waals surface area contributed by atoms with Gasteiger partial charge in [-0.05, 0) is 32.9 Å². The van der Waals surface area contributed by atoms with Crippen LogP contribution >= 0.6 is 34.5 Å². The van der Waals surface area contributed by atoms with E-state index in [4.69, 9.17) is 23.2 Å². The zero-order valence-electron chi connectivity index (χ0n) is 12.0. The summed E-state index contributed by atoms with van der Waals surface area (Å²) in [6.45, 7) is 6.22. The monoisotopic (exact) mass is 339 g/mol. The molecule has 1 unspecified atom stereocenters. The van der Waals surface area contributed by atoms with Gasteiger partial charge in [0.1, 0.15) is 11.3 Å². The van der Waals surface area contributed by atoms with Gasteiger partial charge in [-0.2, -0.15) is 0 Å². The molecule has 1 atom stereocenters. The van der Waals surface area contributed by atoms with Crippen LogP contribution in [-0.2, 0) is 5.88 Å². The third kappa shape index (κ3) is 2.45. The molecule has 0 spiro atoms. The fourth-order valence-electron chi connectivity index (χ4n) is 2.71. The van der Waals surface area contributed by atoms with Gasteiger partial charge < -0.3 is 4.57 Å². The number of para-hydroxylation sites is 1. The molecule has 3 nitrogen and oxygen atoms in total. The maximum absolute atomic E-state index is 6.26. The van der Waals surface area contributed by atoms with Crippen LogP contribution in [0.4, 0.5) is 0 Å². The number of alkyl halides is 1. The van der Waals surface area contributed by atoms with Gasteiger partial charge in [0, 0.05) is 0 Å². The summed E-state index contributed by atoms with van der Waals surface area (Å²) < 4.78 is 2.16. The minimum Gasteiger partial charge on any atom is -0.319 e. The molecule has 0 amide bonds. The molecule has 0 bridgehead atoms. The van der Waals surface area contributed by atoms with E-state index in [1.54, 1.807) is 11.3 Å². The predicted molar refractivity (Wildman–Crippen MR) is 89.7 cm³/mol. The van der Waals surface area contributed by atoms with Gasteiger partial charge in [-0.1, -0.05) is 17.7 Å². The molecule has 2 heterocycles. The number of halogens is 2. The van der Waals surface area contributed by atoms with Crippen LogP contribution < -0.4 is 0 Å². The van der Waals surface area contributed by atoms with E-state index in [0.717, 1.165) is 27.6 Å². The number of rotatable bonds is 3. The van der Waals surface area contributed by atoms with E-state index in [0.29, 0.717) is 10.9 Å². The van der Waals surface area contributed by atoms with Crippen molar-refractivity contribution in [2.45, 2.75) is 32.7 Å². The number of nitrogens with zero attached hydrogens (tertiary/aromatic N) is 3. The molecule has 0 aliphatic rings. The maximum Gasteiger partial charge on any atom is 0.125 e. The van der Waals surface area contributed by atoms with Gasteiger partial charge >= 0.3 is 0 Å². The second-order valence-electron chi connectivity index (χ2n) is 5.00. The first-order chi connectivity index (χ1) is 10.0. The van der Waals surface area contributed by atoms with Crippen LogP contribution in [0.5, 0.6) is 0 Å². The van der Waals surface area contributed by atoms with Crippen LogP contribution in [0.15, 0.2) is 18.2 Å².